The van der Waals surface area contributed by atoms with Gasteiger partial charge in [-0.1, -0.05) is 48.5 Å². The summed E-state index contributed by atoms with van der Waals surface area (Å²) in [5.74, 6) is -0.0919. The fourth-order valence-corrected chi connectivity index (χ4v) is 3.53. The van der Waals surface area contributed by atoms with Crippen molar-refractivity contribution < 1.29 is 14.5 Å². The van der Waals surface area contributed by atoms with Crippen molar-refractivity contribution in [3.05, 3.63) is 107 Å². The molecule has 0 unspecified atom stereocenters. The van der Waals surface area contributed by atoms with Gasteiger partial charge in [0.2, 0.25) is 0 Å². The maximum atomic E-state index is 12.9. The molecule has 0 spiro atoms. The number of aromatic nitrogens is 2. The highest BCUT2D eigenvalue weighted by molar-refractivity contribution is 6.07. The van der Waals surface area contributed by atoms with Crippen molar-refractivity contribution in [2.45, 2.75) is 0 Å². The third kappa shape index (κ3) is 3.38. The van der Waals surface area contributed by atoms with Crippen LogP contribution in [-0.4, -0.2) is 20.7 Å². The normalized spacial score (nSPS) is 11.0. The maximum Gasteiger partial charge on any atom is 0.364 e. The number of hydrogen-bond donors (Lipinski definition) is 0. The number of carbonyl (C=O) groups excluding carboxylic acids is 1. The number of nitro groups is 1. The molecule has 4 aromatic carbocycles. The molecule has 150 valence electrons. The summed E-state index contributed by atoms with van der Waals surface area (Å²) in [6.45, 7) is 0. The zero-order valence-electron chi connectivity index (χ0n) is 16.1. The molecule has 0 aliphatic heterocycles. The summed E-state index contributed by atoms with van der Waals surface area (Å²) in [5.41, 5.74) is 0.717. The Hall–Kier alpha value is -4.52. The first kappa shape index (κ1) is 18.5. The van der Waals surface area contributed by atoms with Crippen LogP contribution in [0.3, 0.4) is 0 Å². The Morgan fingerprint density at radius 1 is 0.871 bits per heavy atom. The number of esters is 1. The molecule has 0 aliphatic rings. The second-order valence-electron chi connectivity index (χ2n) is 6.96. The summed E-state index contributed by atoms with van der Waals surface area (Å²) in [4.78, 5) is 23.3. The van der Waals surface area contributed by atoms with E-state index in [-0.39, 0.29) is 11.4 Å². The van der Waals surface area contributed by atoms with E-state index in [9.17, 15) is 14.9 Å². The topological polar surface area (TPSA) is 87.3 Å². The smallest absolute Gasteiger partial charge is 0.364 e. The van der Waals surface area contributed by atoms with Crippen molar-refractivity contribution in [2.75, 3.05) is 0 Å². The van der Waals surface area contributed by atoms with Crippen LogP contribution in [-0.2, 0) is 0 Å². The highest BCUT2D eigenvalue weighted by Gasteiger charge is 2.17. The molecule has 0 bridgehead atoms. The number of ether oxygens (including phenoxy) is 1. The molecule has 0 amide bonds. The first-order chi connectivity index (χ1) is 15.1. The lowest BCUT2D eigenvalue weighted by Gasteiger charge is -2.11. The lowest BCUT2D eigenvalue weighted by atomic mass is 10.0. The van der Waals surface area contributed by atoms with Gasteiger partial charge in [0, 0.05) is 29.1 Å². The highest BCUT2D eigenvalue weighted by Crippen LogP contribution is 2.35. The Morgan fingerprint density at radius 2 is 1.48 bits per heavy atom. The van der Waals surface area contributed by atoms with Gasteiger partial charge in [-0.2, -0.15) is 5.10 Å². The third-order valence-electron chi connectivity index (χ3n) is 5.04. The Bertz CT molecular complexity index is 1400. The molecular weight excluding hydrogens is 394 g/mol. The Morgan fingerprint density at radius 3 is 2.10 bits per heavy atom. The molecule has 7 nitrogen and oxygen atoms in total. The molecule has 31 heavy (non-hydrogen) atoms. The first-order valence-corrected chi connectivity index (χ1v) is 9.53. The molecule has 5 aromatic rings. The van der Waals surface area contributed by atoms with Crippen LogP contribution in [0.1, 0.15) is 10.5 Å². The van der Waals surface area contributed by atoms with Crippen molar-refractivity contribution in [1.82, 2.24) is 9.78 Å². The first-order valence-electron chi connectivity index (χ1n) is 9.53. The van der Waals surface area contributed by atoms with Gasteiger partial charge in [0.1, 0.15) is 5.75 Å². The minimum absolute atomic E-state index is 0.0154. The van der Waals surface area contributed by atoms with Crippen molar-refractivity contribution in [3.8, 4) is 11.4 Å². The van der Waals surface area contributed by atoms with Gasteiger partial charge in [-0.25, -0.2) is 9.48 Å². The molecule has 1 aromatic heterocycles. The number of hydrogen-bond acceptors (Lipinski definition) is 5. The molecule has 0 saturated heterocycles. The highest BCUT2D eigenvalue weighted by atomic mass is 16.6. The van der Waals surface area contributed by atoms with Gasteiger partial charge in [-0.05, 0) is 35.0 Å². The summed E-state index contributed by atoms with van der Waals surface area (Å²) >= 11 is 0. The van der Waals surface area contributed by atoms with Crippen LogP contribution in [0.2, 0.25) is 0 Å². The van der Waals surface area contributed by atoms with Crippen LogP contribution in [0.25, 0.3) is 27.2 Å². The average Bonchev–Trinajstić information content (AvgIpc) is 3.29. The van der Waals surface area contributed by atoms with Gasteiger partial charge in [0.25, 0.3) is 5.69 Å². The predicted molar refractivity (Wildman–Crippen MR) is 117 cm³/mol. The van der Waals surface area contributed by atoms with Crippen LogP contribution in [0.4, 0.5) is 5.69 Å². The van der Waals surface area contributed by atoms with Crippen LogP contribution in [0.15, 0.2) is 91.1 Å². The Kier molecular flexibility index (Phi) is 4.41. The number of benzene rings is 4. The molecule has 0 atom stereocenters. The fourth-order valence-electron chi connectivity index (χ4n) is 3.53. The third-order valence-corrected chi connectivity index (χ3v) is 5.04. The lowest BCUT2D eigenvalue weighted by Crippen LogP contribution is -2.10. The standard InChI is InChI=1S/C24H15N3O4/c28-24(22-13-14-26(25-22)18-9-11-19(12-10-18)27(29)30)31-23-20-7-3-1-5-16(20)15-17-6-2-4-8-21(17)23/h1-15H. The second kappa shape index (κ2) is 7.38. The van der Waals surface area contributed by atoms with E-state index in [1.54, 1.807) is 24.4 Å². The molecule has 1 heterocycles. The lowest BCUT2D eigenvalue weighted by molar-refractivity contribution is -0.384. The molecule has 0 N–H and O–H groups in total. The zero-order valence-corrected chi connectivity index (χ0v) is 16.1. The quantitative estimate of drug-likeness (QED) is 0.132. The van der Waals surface area contributed by atoms with E-state index < -0.39 is 10.9 Å². The zero-order chi connectivity index (χ0) is 21.4. The van der Waals surface area contributed by atoms with E-state index in [1.807, 2.05) is 48.5 Å². The van der Waals surface area contributed by atoms with Gasteiger partial charge < -0.3 is 4.74 Å². The average molecular weight is 409 g/mol. The van der Waals surface area contributed by atoms with E-state index in [1.165, 1.54) is 16.8 Å². The number of nitrogens with zero attached hydrogens (tertiary/aromatic N) is 3. The molecule has 5 rings (SSSR count). The summed E-state index contributed by atoms with van der Waals surface area (Å²) in [6, 6.07) is 25.0. The van der Waals surface area contributed by atoms with E-state index in [2.05, 4.69) is 11.2 Å². The summed E-state index contributed by atoms with van der Waals surface area (Å²) < 4.78 is 7.30. The molecule has 0 fully saturated rings. The van der Waals surface area contributed by atoms with Gasteiger partial charge in [0.15, 0.2) is 5.69 Å². The molecule has 0 aliphatic carbocycles. The number of rotatable bonds is 4. The minimum Gasteiger partial charge on any atom is -0.420 e. The van der Waals surface area contributed by atoms with Gasteiger partial charge in [0.05, 0.1) is 10.6 Å². The van der Waals surface area contributed by atoms with Crippen LogP contribution >= 0.6 is 0 Å². The summed E-state index contributed by atoms with van der Waals surface area (Å²) in [6.07, 6.45) is 1.61. The molecular formula is C24H15N3O4. The summed E-state index contributed by atoms with van der Waals surface area (Å²) in [5, 5.41) is 18.7. The van der Waals surface area contributed by atoms with Gasteiger partial charge in [-0.15, -0.1) is 0 Å². The van der Waals surface area contributed by atoms with Crippen molar-refractivity contribution in [2.24, 2.45) is 0 Å². The molecule has 0 radical (unpaired) electrons. The number of nitro benzene ring substituents is 1. The Balaban J connectivity index is 1.50. The molecule has 0 saturated carbocycles. The van der Waals surface area contributed by atoms with Crippen LogP contribution in [0, 0.1) is 10.1 Å². The van der Waals surface area contributed by atoms with E-state index in [0.29, 0.717) is 11.4 Å². The fraction of sp³-hybridized carbons (Fsp3) is 0. The SMILES string of the molecule is O=C(Oc1c2ccccc2cc2ccccc12)c1ccn(-c2ccc([N+](=O)[O-])cc2)n1. The van der Waals surface area contributed by atoms with E-state index in [0.717, 1.165) is 21.5 Å². The number of carbonyl (C=O) groups is 1. The summed E-state index contributed by atoms with van der Waals surface area (Å²) in [7, 11) is 0. The van der Waals surface area contributed by atoms with E-state index in [4.69, 9.17) is 4.74 Å². The van der Waals surface area contributed by atoms with Crippen molar-refractivity contribution in [1.29, 1.82) is 0 Å². The molecule has 7 heteroatoms. The number of non-ortho nitro benzene ring substituents is 1. The van der Waals surface area contributed by atoms with Crippen LogP contribution in [0.5, 0.6) is 5.75 Å². The van der Waals surface area contributed by atoms with Gasteiger partial charge in [-0.3, -0.25) is 10.1 Å². The van der Waals surface area contributed by atoms with Crippen LogP contribution < -0.4 is 4.74 Å². The predicted octanol–water partition coefficient (Wildman–Crippen LogP) is 5.31. The van der Waals surface area contributed by atoms with E-state index >= 15 is 0 Å². The maximum absolute atomic E-state index is 12.9. The monoisotopic (exact) mass is 409 g/mol. The van der Waals surface area contributed by atoms with Crippen molar-refractivity contribution in [3.63, 3.8) is 0 Å². The number of fused-ring (bicyclic) bond motifs is 2. The van der Waals surface area contributed by atoms with Gasteiger partial charge >= 0.3 is 5.97 Å². The largest absolute Gasteiger partial charge is 0.420 e. The van der Waals surface area contributed by atoms with Crippen molar-refractivity contribution >= 4 is 33.2 Å². The Labute approximate surface area is 176 Å². The second-order valence-corrected chi connectivity index (χ2v) is 6.96. The minimum atomic E-state index is -0.581.